The van der Waals surface area contributed by atoms with E-state index in [2.05, 4.69) is 36.4 Å². The minimum atomic E-state index is 0.234. The summed E-state index contributed by atoms with van der Waals surface area (Å²) in [4.78, 5) is 4.74. The molecular weight excluding hydrogens is 232 g/mol. The van der Waals surface area contributed by atoms with Gasteiger partial charge in [-0.1, -0.05) is 42.3 Å². The van der Waals surface area contributed by atoms with Crippen LogP contribution in [-0.4, -0.2) is 11.0 Å². The maximum absolute atomic E-state index is 6.07. The number of nitrogens with zero attached hydrogens (tertiary/aromatic N) is 1. The van der Waals surface area contributed by atoms with Crippen LogP contribution >= 0.6 is 0 Å². The summed E-state index contributed by atoms with van der Waals surface area (Å²) in [6.07, 6.45) is 7.98. The van der Waals surface area contributed by atoms with E-state index in [9.17, 15) is 0 Å². The zero-order valence-corrected chi connectivity index (χ0v) is 11.2. The highest BCUT2D eigenvalue weighted by Crippen LogP contribution is 2.21. The summed E-state index contributed by atoms with van der Waals surface area (Å²) in [6, 6.07) is 12.8. The van der Waals surface area contributed by atoms with E-state index in [4.69, 9.17) is 10.7 Å². The van der Waals surface area contributed by atoms with E-state index in [1.54, 1.807) is 0 Å². The average molecular weight is 252 g/mol. The van der Waals surface area contributed by atoms with Crippen LogP contribution < -0.4 is 5.73 Å². The van der Waals surface area contributed by atoms with Crippen molar-refractivity contribution in [1.29, 1.82) is 0 Å². The Morgan fingerprint density at radius 1 is 1.11 bits per heavy atom. The Bertz CT molecular complexity index is 601. The third kappa shape index (κ3) is 3.02. The van der Waals surface area contributed by atoms with Gasteiger partial charge in [0.2, 0.25) is 0 Å². The highest BCUT2D eigenvalue weighted by Gasteiger charge is 2.09. The lowest BCUT2D eigenvalue weighted by Gasteiger charge is -2.07. The molecule has 0 spiro atoms. The second kappa shape index (κ2) is 5.54. The standard InChI is InChI=1S/C17H20N2/c18-15-7-3-1-5-13(11-15)12-16-10-9-14-6-2-4-8-17(14)19-16/h2,4,6,8-11,15H,1,3,5,7,12,18H2. The van der Waals surface area contributed by atoms with Crippen molar-refractivity contribution in [3.05, 3.63) is 53.7 Å². The highest BCUT2D eigenvalue weighted by atomic mass is 14.7. The Labute approximate surface area is 114 Å². The Kier molecular flexibility index (Phi) is 3.60. The van der Waals surface area contributed by atoms with Gasteiger partial charge in [-0.2, -0.15) is 0 Å². The molecule has 0 saturated heterocycles. The van der Waals surface area contributed by atoms with Crippen LogP contribution in [0, 0.1) is 0 Å². The van der Waals surface area contributed by atoms with Gasteiger partial charge < -0.3 is 5.73 Å². The predicted molar refractivity (Wildman–Crippen MR) is 80.0 cm³/mol. The SMILES string of the molecule is NC1C=C(Cc2ccc3ccccc3n2)CCCC1. The van der Waals surface area contributed by atoms with Crippen LogP contribution in [-0.2, 0) is 6.42 Å². The number of fused-ring (bicyclic) bond motifs is 1. The first-order valence-electron chi connectivity index (χ1n) is 7.11. The lowest BCUT2D eigenvalue weighted by atomic mass is 10.0. The molecule has 0 saturated carbocycles. The molecule has 1 aromatic carbocycles. The first kappa shape index (κ1) is 12.4. The third-order valence-corrected chi connectivity index (χ3v) is 3.80. The van der Waals surface area contributed by atoms with Crippen molar-refractivity contribution in [1.82, 2.24) is 4.98 Å². The van der Waals surface area contributed by atoms with Gasteiger partial charge in [-0.25, -0.2) is 0 Å². The molecule has 2 N–H and O–H groups in total. The summed E-state index contributed by atoms with van der Waals surface area (Å²) in [5, 5.41) is 1.21. The lowest BCUT2D eigenvalue weighted by molar-refractivity contribution is 0.654. The molecule has 1 unspecified atom stereocenters. The largest absolute Gasteiger partial charge is 0.324 e. The number of hydrogen-bond acceptors (Lipinski definition) is 2. The Morgan fingerprint density at radius 2 is 2.00 bits per heavy atom. The maximum atomic E-state index is 6.07. The molecule has 2 nitrogen and oxygen atoms in total. The Hall–Kier alpha value is -1.67. The first-order chi connectivity index (χ1) is 9.31. The zero-order valence-electron chi connectivity index (χ0n) is 11.2. The van der Waals surface area contributed by atoms with Gasteiger partial charge in [-0.05, 0) is 31.4 Å². The smallest absolute Gasteiger partial charge is 0.0705 e. The molecule has 2 heteroatoms. The number of para-hydroxylation sites is 1. The van der Waals surface area contributed by atoms with Crippen molar-refractivity contribution >= 4 is 10.9 Å². The Morgan fingerprint density at radius 3 is 2.95 bits per heavy atom. The van der Waals surface area contributed by atoms with Crippen LogP contribution in [0.5, 0.6) is 0 Å². The Balaban J connectivity index is 1.84. The molecule has 0 amide bonds. The molecule has 19 heavy (non-hydrogen) atoms. The zero-order chi connectivity index (χ0) is 13.1. The number of hydrogen-bond donors (Lipinski definition) is 1. The van der Waals surface area contributed by atoms with Gasteiger partial charge in [0.25, 0.3) is 0 Å². The molecule has 1 aromatic heterocycles. The third-order valence-electron chi connectivity index (χ3n) is 3.80. The van der Waals surface area contributed by atoms with E-state index in [1.807, 2.05) is 6.07 Å². The van der Waals surface area contributed by atoms with Gasteiger partial charge >= 0.3 is 0 Å². The van der Waals surface area contributed by atoms with E-state index in [0.717, 1.165) is 24.1 Å². The monoisotopic (exact) mass is 252 g/mol. The maximum Gasteiger partial charge on any atom is 0.0705 e. The minimum Gasteiger partial charge on any atom is -0.324 e. The molecule has 0 radical (unpaired) electrons. The highest BCUT2D eigenvalue weighted by molar-refractivity contribution is 5.78. The number of rotatable bonds is 2. The number of allylic oxidation sites excluding steroid dienone is 1. The van der Waals surface area contributed by atoms with Gasteiger partial charge in [0.15, 0.2) is 0 Å². The molecule has 1 aliphatic carbocycles. The molecule has 1 aliphatic rings. The second-order valence-electron chi connectivity index (χ2n) is 5.41. The summed E-state index contributed by atoms with van der Waals surface area (Å²) in [6.45, 7) is 0. The fourth-order valence-corrected chi connectivity index (χ4v) is 2.79. The molecule has 3 rings (SSSR count). The van der Waals surface area contributed by atoms with Crippen LogP contribution in [0.1, 0.15) is 31.4 Å². The van der Waals surface area contributed by atoms with Crippen molar-refractivity contribution in [2.24, 2.45) is 5.73 Å². The van der Waals surface area contributed by atoms with E-state index in [-0.39, 0.29) is 6.04 Å². The van der Waals surface area contributed by atoms with Gasteiger partial charge in [0.1, 0.15) is 0 Å². The molecule has 0 aliphatic heterocycles. The quantitative estimate of drug-likeness (QED) is 0.829. The summed E-state index contributed by atoms with van der Waals surface area (Å²) in [5.41, 5.74) is 9.76. The van der Waals surface area contributed by atoms with Crippen molar-refractivity contribution in [2.45, 2.75) is 38.1 Å². The molecule has 1 heterocycles. The molecule has 98 valence electrons. The van der Waals surface area contributed by atoms with E-state index >= 15 is 0 Å². The topological polar surface area (TPSA) is 38.9 Å². The van der Waals surface area contributed by atoms with Crippen molar-refractivity contribution in [3.8, 4) is 0 Å². The summed E-state index contributed by atoms with van der Waals surface area (Å²) < 4.78 is 0. The fraction of sp³-hybridized carbons (Fsp3) is 0.353. The van der Waals surface area contributed by atoms with Crippen LogP contribution in [0.25, 0.3) is 10.9 Å². The second-order valence-corrected chi connectivity index (χ2v) is 5.41. The molecule has 2 aromatic rings. The van der Waals surface area contributed by atoms with Crippen molar-refractivity contribution in [3.63, 3.8) is 0 Å². The van der Waals surface area contributed by atoms with Crippen LogP contribution in [0.15, 0.2) is 48.0 Å². The summed E-state index contributed by atoms with van der Waals surface area (Å²) in [5.74, 6) is 0. The number of pyridine rings is 1. The minimum absolute atomic E-state index is 0.234. The fourth-order valence-electron chi connectivity index (χ4n) is 2.79. The van der Waals surface area contributed by atoms with Crippen molar-refractivity contribution in [2.75, 3.05) is 0 Å². The average Bonchev–Trinajstić information content (AvgIpc) is 2.63. The lowest BCUT2D eigenvalue weighted by Crippen LogP contribution is -2.16. The number of aromatic nitrogens is 1. The normalized spacial score (nSPS) is 20.1. The summed E-state index contributed by atoms with van der Waals surface area (Å²) in [7, 11) is 0. The number of nitrogens with two attached hydrogens (primary N) is 1. The molecule has 1 atom stereocenters. The number of benzene rings is 1. The van der Waals surface area contributed by atoms with Gasteiger partial charge in [-0.15, -0.1) is 0 Å². The summed E-state index contributed by atoms with van der Waals surface area (Å²) >= 11 is 0. The van der Waals surface area contributed by atoms with E-state index in [0.29, 0.717) is 0 Å². The van der Waals surface area contributed by atoms with Crippen LogP contribution in [0.2, 0.25) is 0 Å². The molecular formula is C17H20N2. The predicted octanol–water partition coefficient (Wildman–Crippen LogP) is 3.61. The molecule has 0 fully saturated rings. The van der Waals surface area contributed by atoms with Crippen LogP contribution in [0.4, 0.5) is 0 Å². The van der Waals surface area contributed by atoms with Crippen molar-refractivity contribution < 1.29 is 0 Å². The van der Waals surface area contributed by atoms with Gasteiger partial charge in [-0.3, -0.25) is 4.98 Å². The first-order valence-corrected chi connectivity index (χ1v) is 7.11. The van der Waals surface area contributed by atoms with Gasteiger partial charge in [0.05, 0.1) is 5.52 Å². The van der Waals surface area contributed by atoms with E-state index < -0.39 is 0 Å². The van der Waals surface area contributed by atoms with E-state index in [1.165, 1.54) is 30.2 Å². The molecule has 0 bridgehead atoms. The van der Waals surface area contributed by atoms with Gasteiger partial charge in [0, 0.05) is 23.5 Å². The van der Waals surface area contributed by atoms with Crippen LogP contribution in [0.3, 0.4) is 0 Å².